The largest absolute Gasteiger partial charge is 0.313 e. The third-order valence-electron chi connectivity index (χ3n) is 16.3. The van der Waals surface area contributed by atoms with Crippen LogP contribution >= 0.6 is 0 Å². The van der Waals surface area contributed by atoms with Gasteiger partial charge in [0.2, 0.25) is 0 Å². The monoisotopic (exact) mass is 978 g/mol. The van der Waals surface area contributed by atoms with Crippen LogP contribution < -0.4 is 0 Å². The predicted octanol–water partition coefficient (Wildman–Crippen LogP) is 19.0. The number of hydrogen-bond donors (Lipinski definition) is 0. The Kier molecular flexibility index (Phi) is 9.86. The molecule has 0 saturated carbocycles. The van der Waals surface area contributed by atoms with Crippen molar-refractivity contribution in [3.63, 3.8) is 0 Å². The zero-order chi connectivity index (χ0) is 51.4. The fourth-order valence-corrected chi connectivity index (χ4v) is 12.6. The molecule has 1 atom stereocenters. The lowest BCUT2D eigenvalue weighted by atomic mass is 9.81. The minimum Gasteiger partial charge on any atom is -0.313 e. The number of para-hydroxylation sites is 2. The van der Waals surface area contributed by atoms with Crippen LogP contribution in [0.5, 0.6) is 0 Å². The lowest BCUT2D eigenvalue weighted by molar-refractivity contribution is 0.547. The minimum atomic E-state index is -0.595. The molecule has 77 heavy (non-hydrogen) atoms. The zero-order valence-corrected chi connectivity index (χ0v) is 42.2. The van der Waals surface area contributed by atoms with E-state index in [0.29, 0.717) is 12.0 Å². The first-order valence-electron chi connectivity index (χ1n) is 26.3. The summed E-state index contributed by atoms with van der Waals surface area (Å²) in [6.07, 6.45) is 4.87. The fraction of sp³-hybridized carbons (Fsp3) is 0.0411. The van der Waals surface area contributed by atoms with Crippen molar-refractivity contribution in [3.8, 4) is 68.0 Å². The van der Waals surface area contributed by atoms with Crippen molar-refractivity contribution in [1.82, 2.24) is 9.13 Å². The van der Waals surface area contributed by atoms with Crippen LogP contribution in [0.1, 0.15) is 23.7 Å². The van der Waals surface area contributed by atoms with Gasteiger partial charge in [-0.05, 0) is 167 Å². The van der Waals surface area contributed by atoms with Gasteiger partial charge in [-0.25, -0.2) is 0 Å². The van der Waals surface area contributed by atoms with Crippen molar-refractivity contribution in [1.29, 1.82) is 10.5 Å². The number of nitrogens with zero attached hydrogens (tertiary/aromatic N) is 4. The van der Waals surface area contributed by atoms with Crippen LogP contribution in [-0.4, -0.2) is 9.13 Å². The van der Waals surface area contributed by atoms with Crippen molar-refractivity contribution in [2.24, 2.45) is 5.41 Å². The smallest absolute Gasteiger partial charge is 0.0992 e. The maximum absolute atomic E-state index is 10.3. The van der Waals surface area contributed by atoms with Gasteiger partial charge in [-0.3, -0.25) is 0 Å². The molecule has 0 spiro atoms. The number of nitriles is 2. The Labute approximate surface area is 445 Å². The number of rotatable bonds is 6. The van der Waals surface area contributed by atoms with Crippen LogP contribution in [0.15, 0.2) is 243 Å². The molecule has 0 aliphatic heterocycles. The van der Waals surface area contributed by atoms with Crippen molar-refractivity contribution < 1.29 is 0 Å². The van der Waals surface area contributed by atoms with Crippen LogP contribution in [-0.2, 0) is 6.42 Å². The lowest BCUT2D eigenvalue weighted by Gasteiger charge is -2.23. The number of aromatic nitrogens is 2. The molecule has 2 heterocycles. The van der Waals surface area contributed by atoms with Gasteiger partial charge in [0.1, 0.15) is 0 Å². The summed E-state index contributed by atoms with van der Waals surface area (Å²) in [5, 5.41) is 33.2. The molecule has 0 bridgehead atoms. The Bertz CT molecular complexity index is 4920. The second-order valence-corrected chi connectivity index (χ2v) is 20.9. The van der Waals surface area contributed by atoms with Gasteiger partial charge in [0.25, 0.3) is 0 Å². The van der Waals surface area contributed by atoms with E-state index in [9.17, 15) is 10.5 Å². The van der Waals surface area contributed by atoms with Crippen molar-refractivity contribution in [2.45, 2.75) is 13.3 Å². The molecule has 14 aromatic rings. The van der Waals surface area contributed by atoms with Crippen molar-refractivity contribution in [3.05, 3.63) is 259 Å². The van der Waals surface area contributed by atoms with Gasteiger partial charge in [-0.1, -0.05) is 176 Å². The first kappa shape index (κ1) is 44.2. The van der Waals surface area contributed by atoms with Crippen LogP contribution in [0, 0.1) is 28.1 Å². The molecule has 0 N–H and O–H groups in total. The molecule has 0 amide bonds. The highest BCUT2D eigenvalue weighted by Crippen LogP contribution is 2.48. The highest BCUT2D eigenvalue weighted by atomic mass is 15.0. The van der Waals surface area contributed by atoms with Gasteiger partial charge in [0.15, 0.2) is 0 Å². The predicted molar refractivity (Wildman–Crippen MR) is 321 cm³/mol. The maximum atomic E-state index is 10.3. The normalized spacial score (nSPS) is 14.2. The van der Waals surface area contributed by atoms with E-state index >= 15 is 0 Å². The molecule has 4 nitrogen and oxygen atoms in total. The van der Waals surface area contributed by atoms with E-state index < -0.39 is 5.41 Å². The average molecular weight is 979 g/mol. The Hall–Kier alpha value is -10.3. The van der Waals surface area contributed by atoms with Crippen LogP contribution in [0.25, 0.3) is 138 Å². The topological polar surface area (TPSA) is 57.4 Å². The molecule has 0 radical (unpaired) electrons. The highest BCUT2D eigenvalue weighted by Gasteiger charge is 2.31. The molecule has 2 aromatic heterocycles. The maximum Gasteiger partial charge on any atom is 0.0992 e. The van der Waals surface area contributed by atoms with Crippen molar-refractivity contribution >= 4 is 81.9 Å². The van der Waals surface area contributed by atoms with Gasteiger partial charge in [-0.15, -0.1) is 0 Å². The average Bonchev–Trinajstić information content (AvgIpc) is 4.05. The summed E-state index contributed by atoms with van der Waals surface area (Å²) in [5.41, 5.74) is 16.9. The first-order valence-corrected chi connectivity index (χ1v) is 26.3. The molecule has 1 aliphatic rings. The fourth-order valence-electron chi connectivity index (χ4n) is 12.6. The quantitative estimate of drug-likeness (QED) is 0.156. The van der Waals surface area contributed by atoms with E-state index in [1.165, 1.54) is 65.2 Å². The standard InChI is InChI=1S/C73H46N4/c1-73(45-75)35-34-62-61-31-26-54(42-69(61)77(70(62)43-73)58-18-6-3-7-19-58)52-28-33-64-66(40-52)72(56-24-22-48-13-9-11-15-50(48)38-56)63-32-27-51(39-65(63)71(64)55-23-21-47-12-8-10-14-49(47)37-55)53-25-30-60-59-29-20-46(44-74)36-67(59)76(68(60)41-53)57-16-4-2-5-17-57/h2-42H,43H2,1H3. The van der Waals surface area contributed by atoms with Gasteiger partial charge < -0.3 is 9.13 Å². The molecule has 12 aromatic carbocycles. The molecular weight excluding hydrogens is 933 g/mol. The Morgan fingerprint density at radius 2 is 0.818 bits per heavy atom. The van der Waals surface area contributed by atoms with E-state index in [-0.39, 0.29) is 0 Å². The summed E-state index contributed by atoms with van der Waals surface area (Å²) in [4.78, 5) is 0. The van der Waals surface area contributed by atoms with E-state index in [1.807, 2.05) is 25.1 Å². The minimum absolute atomic E-state index is 0.595. The molecular formula is C73H46N4. The molecule has 0 fully saturated rings. The van der Waals surface area contributed by atoms with E-state index in [0.717, 1.165) is 77.8 Å². The molecule has 15 rings (SSSR count). The SMILES string of the molecule is CC1(C#N)C=Cc2c(n(-c3ccccc3)c3cc(-c4ccc5c(-c6ccc7ccccc7c6)c6cc(-c7ccc8c9ccc(C#N)cc9n(-c9ccccc9)c8c7)ccc6c(-c6ccc7ccccc7c6)c5c4)ccc23)C1. The van der Waals surface area contributed by atoms with Gasteiger partial charge in [0.05, 0.1) is 39.7 Å². The Morgan fingerprint density at radius 1 is 0.377 bits per heavy atom. The van der Waals surface area contributed by atoms with Gasteiger partial charge in [-0.2, -0.15) is 10.5 Å². The van der Waals surface area contributed by atoms with Crippen molar-refractivity contribution in [2.75, 3.05) is 0 Å². The lowest BCUT2D eigenvalue weighted by Crippen LogP contribution is -2.19. The summed E-state index contributed by atoms with van der Waals surface area (Å²) in [7, 11) is 0. The van der Waals surface area contributed by atoms with E-state index in [2.05, 4.69) is 252 Å². The summed E-state index contributed by atoms with van der Waals surface area (Å²) < 4.78 is 4.67. The Balaban J connectivity index is 1.00. The first-order chi connectivity index (χ1) is 37.9. The summed E-state index contributed by atoms with van der Waals surface area (Å²) in [5.74, 6) is 0. The molecule has 1 aliphatic carbocycles. The Morgan fingerprint density at radius 3 is 1.36 bits per heavy atom. The van der Waals surface area contributed by atoms with E-state index in [4.69, 9.17) is 0 Å². The van der Waals surface area contributed by atoms with E-state index in [1.54, 1.807) is 0 Å². The van der Waals surface area contributed by atoms with Gasteiger partial charge in [0, 0.05) is 45.2 Å². The van der Waals surface area contributed by atoms with Gasteiger partial charge >= 0.3 is 0 Å². The highest BCUT2D eigenvalue weighted by molar-refractivity contribution is 6.23. The number of hydrogen-bond acceptors (Lipinski definition) is 2. The number of fused-ring (bicyclic) bond motifs is 10. The summed E-state index contributed by atoms with van der Waals surface area (Å²) in [6.45, 7) is 2.03. The molecule has 0 saturated heterocycles. The third-order valence-corrected chi connectivity index (χ3v) is 16.3. The zero-order valence-electron chi connectivity index (χ0n) is 42.2. The molecule has 4 heteroatoms. The van der Waals surface area contributed by atoms with Crippen LogP contribution in [0.2, 0.25) is 0 Å². The second kappa shape index (κ2) is 17.2. The number of benzene rings is 12. The summed E-state index contributed by atoms with van der Waals surface area (Å²) >= 11 is 0. The summed E-state index contributed by atoms with van der Waals surface area (Å²) in [6, 6.07) is 91.0. The number of allylic oxidation sites excluding steroid dienone is 1. The molecule has 1 unspecified atom stereocenters. The van der Waals surface area contributed by atoms with Crippen LogP contribution in [0.3, 0.4) is 0 Å². The molecule has 358 valence electrons. The van der Waals surface area contributed by atoms with Crippen LogP contribution in [0.4, 0.5) is 0 Å². The third kappa shape index (κ3) is 7.04. The second-order valence-electron chi connectivity index (χ2n) is 20.9.